The molecule has 0 aliphatic carbocycles. The van der Waals surface area contributed by atoms with Gasteiger partial charge in [0.1, 0.15) is 5.76 Å². The van der Waals surface area contributed by atoms with E-state index in [-0.39, 0.29) is 17.2 Å². The van der Waals surface area contributed by atoms with Crippen molar-refractivity contribution in [3.05, 3.63) is 17.9 Å². The molecule has 0 bridgehead atoms. The van der Waals surface area contributed by atoms with E-state index >= 15 is 0 Å². The second-order valence-electron chi connectivity index (χ2n) is 5.38. The van der Waals surface area contributed by atoms with Crippen LogP contribution in [0.25, 0.3) is 0 Å². The van der Waals surface area contributed by atoms with Crippen LogP contribution in [0.3, 0.4) is 0 Å². The summed E-state index contributed by atoms with van der Waals surface area (Å²) in [7, 11) is -1.86. The van der Waals surface area contributed by atoms with Crippen molar-refractivity contribution in [1.82, 2.24) is 15.2 Å². The van der Waals surface area contributed by atoms with Gasteiger partial charge >= 0.3 is 0 Å². The van der Waals surface area contributed by atoms with Crippen LogP contribution in [0.5, 0.6) is 0 Å². The molecule has 2 N–H and O–H groups in total. The molecule has 0 saturated carbocycles. The molecule has 1 saturated heterocycles. The van der Waals surface area contributed by atoms with Crippen molar-refractivity contribution in [2.45, 2.75) is 56.8 Å². The molecule has 6 nitrogen and oxygen atoms in total. The standard InChI is InChI=1S/C13H23N3O3S/c1-10-5-4-6-11(2)16(10)15-20(17,18)13-8-7-12(19-13)9-14-3/h7-8,10-11,14-15H,4-6,9H2,1-3H3. The van der Waals surface area contributed by atoms with Crippen LogP contribution in [-0.2, 0) is 16.6 Å². The van der Waals surface area contributed by atoms with Gasteiger partial charge < -0.3 is 9.73 Å². The molecule has 1 aromatic rings. The first-order valence-electron chi connectivity index (χ1n) is 6.98. The van der Waals surface area contributed by atoms with Crippen LogP contribution in [0.2, 0.25) is 0 Å². The molecule has 7 heteroatoms. The highest BCUT2D eigenvalue weighted by atomic mass is 32.2. The zero-order chi connectivity index (χ0) is 14.8. The van der Waals surface area contributed by atoms with Gasteiger partial charge in [0, 0.05) is 12.1 Å². The summed E-state index contributed by atoms with van der Waals surface area (Å²) in [6.07, 6.45) is 3.12. The topological polar surface area (TPSA) is 74.6 Å². The lowest BCUT2D eigenvalue weighted by Crippen LogP contribution is -2.53. The Morgan fingerprint density at radius 3 is 2.55 bits per heavy atom. The molecule has 2 unspecified atom stereocenters. The summed E-state index contributed by atoms with van der Waals surface area (Å²) >= 11 is 0. The molecule has 0 radical (unpaired) electrons. The van der Waals surface area contributed by atoms with Gasteiger partial charge in [0.05, 0.1) is 6.54 Å². The lowest BCUT2D eigenvalue weighted by Gasteiger charge is -2.38. The van der Waals surface area contributed by atoms with Gasteiger partial charge in [-0.15, -0.1) is 4.83 Å². The Labute approximate surface area is 120 Å². The second-order valence-corrected chi connectivity index (χ2v) is 6.97. The molecule has 2 atom stereocenters. The highest BCUT2D eigenvalue weighted by molar-refractivity contribution is 7.89. The summed E-state index contributed by atoms with van der Waals surface area (Å²) in [6, 6.07) is 3.56. The van der Waals surface area contributed by atoms with Crippen molar-refractivity contribution in [3.8, 4) is 0 Å². The third kappa shape index (κ3) is 3.41. The first kappa shape index (κ1) is 15.5. The Morgan fingerprint density at radius 2 is 1.95 bits per heavy atom. The van der Waals surface area contributed by atoms with Crippen LogP contribution in [-0.4, -0.2) is 32.6 Å². The van der Waals surface area contributed by atoms with Crippen LogP contribution in [0.4, 0.5) is 0 Å². The number of nitrogens with one attached hydrogen (secondary N) is 2. The molecular weight excluding hydrogens is 278 g/mol. The van der Waals surface area contributed by atoms with E-state index < -0.39 is 10.0 Å². The number of furan rings is 1. The fourth-order valence-electron chi connectivity index (χ4n) is 2.56. The monoisotopic (exact) mass is 301 g/mol. The number of hydrogen-bond acceptors (Lipinski definition) is 5. The summed E-state index contributed by atoms with van der Waals surface area (Å²) in [6.45, 7) is 4.57. The summed E-state index contributed by atoms with van der Waals surface area (Å²) in [5, 5.41) is 4.71. The molecule has 1 fully saturated rings. The normalized spacial score (nSPS) is 24.9. The number of nitrogens with zero attached hydrogens (tertiary/aromatic N) is 1. The summed E-state index contributed by atoms with van der Waals surface area (Å²) in [5.41, 5.74) is 0. The highest BCUT2D eigenvalue weighted by Crippen LogP contribution is 2.22. The van der Waals surface area contributed by atoms with Crippen LogP contribution in [0.1, 0.15) is 38.9 Å². The van der Waals surface area contributed by atoms with E-state index in [1.54, 1.807) is 13.1 Å². The van der Waals surface area contributed by atoms with Gasteiger partial charge in [0.15, 0.2) is 0 Å². The zero-order valence-electron chi connectivity index (χ0n) is 12.2. The van der Waals surface area contributed by atoms with Crippen molar-refractivity contribution in [2.24, 2.45) is 0 Å². The van der Waals surface area contributed by atoms with Crippen LogP contribution in [0, 0.1) is 0 Å². The van der Waals surface area contributed by atoms with E-state index in [9.17, 15) is 8.42 Å². The molecule has 0 spiro atoms. The molecule has 0 aromatic carbocycles. The Morgan fingerprint density at radius 1 is 1.30 bits per heavy atom. The van der Waals surface area contributed by atoms with Crippen LogP contribution < -0.4 is 10.1 Å². The van der Waals surface area contributed by atoms with Crippen molar-refractivity contribution < 1.29 is 12.8 Å². The van der Waals surface area contributed by atoms with Gasteiger partial charge in [-0.2, -0.15) is 0 Å². The molecule has 20 heavy (non-hydrogen) atoms. The number of hydrogen-bond donors (Lipinski definition) is 2. The molecule has 2 heterocycles. The van der Waals surface area contributed by atoms with Gasteiger partial charge in [0.2, 0.25) is 5.09 Å². The van der Waals surface area contributed by atoms with Gasteiger partial charge in [0.25, 0.3) is 10.0 Å². The van der Waals surface area contributed by atoms with E-state index in [0.717, 1.165) is 19.3 Å². The number of piperidine rings is 1. The van der Waals surface area contributed by atoms with E-state index in [0.29, 0.717) is 12.3 Å². The van der Waals surface area contributed by atoms with Gasteiger partial charge in [-0.3, -0.25) is 0 Å². The highest BCUT2D eigenvalue weighted by Gasteiger charge is 2.30. The largest absolute Gasteiger partial charge is 0.447 e. The minimum absolute atomic E-state index is 0.0345. The Kier molecular flexibility index (Phi) is 4.85. The number of rotatable bonds is 5. The second kappa shape index (κ2) is 6.26. The van der Waals surface area contributed by atoms with Crippen molar-refractivity contribution in [2.75, 3.05) is 7.05 Å². The maximum absolute atomic E-state index is 12.3. The average Bonchev–Trinajstić information content (AvgIpc) is 2.84. The first-order valence-corrected chi connectivity index (χ1v) is 8.46. The van der Waals surface area contributed by atoms with Gasteiger partial charge in [-0.1, -0.05) is 6.42 Å². The quantitative estimate of drug-likeness (QED) is 0.861. The summed E-state index contributed by atoms with van der Waals surface area (Å²) < 4.78 is 30.0. The number of sulfonamides is 1. The minimum atomic E-state index is -3.64. The lowest BCUT2D eigenvalue weighted by atomic mass is 10.0. The van der Waals surface area contributed by atoms with Gasteiger partial charge in [-0.25, -0.2) is 13.4 Å². The third-order valence-corrected chi connectivity index (χ3v) is 4.87. The van der Waals surface area contributed by atoms with E-state index in [2.05, 4.69) is 10.1 Å². The van der Waals surface area contributed by atoms with E-state index in [4.69, 9.17) is 4.42 Å². The summed E-state index contributed by atoms with van der Waals surface area (Å²) in [4.78, 5) is 2.66. The fraction of sp³-hybridized carbons (Fsp3) is 0.692. The summed E-state index contributed by atoms with van der Waals surface area (Å²) in [5.74, 6) is 0.604. The van der Waals surface area contributed by atoms with Gasteiger partial charge in [-0.05, 0) is 45.9 Å². The Hall–Kier alpha value is -0.890. The van der Waals surface area contributed by atoms with Crippen molar-refractivity contribution in [1.29, 1.82) is 0 Å². The van der Waals surface area contributed by atoms with Crippen LogP contribution in [0.15, 0.2) is 21.6 Å². The van der Waals surface area contributed by atoms with E-state index in [1.165, 1.54) is 6.07 Å². The fourth-order valence-corrected chi connectivity index (χ4v) is 3.75. The third-order valence-electron chi connectivity index (χ3n) is 3.67. The predicted octanol–water partition coefficient (Wildman–Crippen LogP) is 1.46. The molecule has 1 aliphatic rings. The SMILES string of the molecule is CNCc1ccc(S(=O)(=O)NN2C(C)CCCC2C)o1. The minimum Gasteiger partial charge on any atom is -0.447 e. The average molecular weight is 301 g/mol. The van der Waals surface area contributed by atoms with E-state index in [1.807, 2.05) is 18.9 Å². The Bertz CT molecular complexity index is 531. The zero-order valence-corrected chi connectivity index (χ0v) is 13.0. The predicted molar refractivity (Wildman–Crippen MR) is 76.4 cm³/mol. The first-order chi connectivity index (χ1) is 9.44. The molecular formula is C13H23N3O3S. The smallest absolute Gasteiger partial charge is 0.286 e. The maximum Gasteiger partial charge on any atom is 0.286 e. The van der Waals surface area contributed by atoms with Crippen molar-refractivity contribution >= 4 is 10.0 Å². The lowest BCUT2D eigenvalue weighted by molar-refractivity contribution is 0.0783. The molecule has 2 rings (SSSR count). The Balaban J connectivity index is 2.13. The molecule has 114 valence electrons. The molecule has 0 amide bonds. The molecule has 1 aliphatic heterocycles. The number of hydrazine groups is 1. The molecule has 1 aromatic heterocycles. The van der Waals surface area contributed by atoms with Crippen LogP contribution >= 0.6 is 0 Å². The van der Waals surface area contributed by atoms with Crippen molar-refractivity contribution in [3.63, 3.8) is 0 Å². The maximum atomic E-state index is 12.3.